The van der Waals surface area contributed by atoms with Crippen LogP contribution in [0.4, 0.5) is 0 Å². The van der Waals surface area contributed by atoms with Crippen LogP contribution in [0.2, 0.25) is 0 Å². The van der Waals surface area contributed by atoms with Gasteiger partial charge >= 0.3 is 0 Å². The van der Waals surface area contributed by atoms with Gasteiger partial charge in [0.15, 0.2) is 0 Å². The topological polar surface area (TPSA) is 54.9 Å². The molecule has 4 heteroatoms. The summed E-state index contributed by atoms with van der Waals surface area (Å²) in [6, 6.07) is 11.8. The number of aromatic nitrogens is 2. The standard InChI is InChI=1S/C21H21N3O/c1-14-10-15(2)19(16(3)11-14)21(25)24-13-18-7-5-9-23-20(18)17-6-4-8-22-12-17/h4-12H,13H2,1-3H3,(H,24,25). The van der Waals surface area contributed by atoms with Crippen LogP contribution in [0, 0.1) is 20.8 Å². The van der Waals surface area contributed by atoms with E-state index in [0.717, 1.165) is 39.1 Å². The molecule has 1 aromatic carbocycles. The molecule has 0 saturated carbocycles. The number of nitrogens with one attached hydrogen (secondary N) is 1. The number of hydrogen-bond acceptors (Lipinski definition) is 3. The second-order valence-electron chi connectivity index (χ2n) is 6.21. The fourth-order valence-corrected chi connectivity index (χ4v) is 3.15. The van der Waals surface area contributed by atoms with Crippen LogP contribution in [0.1, 0.15) is 32.6 Å². The molecule has 25 heavy (non-hydrogen) atoms. The zero-order valence-corrected chi connectivity index (χ0v) is 14.7. The molecule has 3 aromatic rings. The van der Waals surface area contributed by atoms with E-state index in [1.807, 2.05) is 57.2 Å². The molecule has 0 radical (unpaired) electrons. The highest BCUT2D eigenvalue weighted by molar-refractivity contribution is 5.97. The van der Waals surface area contributed by atoms with Crippen molar-refractivity contribution in [2.75, 3.05) is 0 Å². The van der Waals surface area contributed by atoms with Gasteiger partial charge in [-0.05, 0) is 55.7 Å². The van der Waals surface area contributed by atoms with Crippen molar-refractivity contribution >= 4 is 5.91 Å². The number of nitrogens with zero attached hydrogens (tertiary/aromatic N) is 2. The Balaban J connectivity index is 1.82. The number of amides is 1. The number of aryl methyl sites for hydroxylation is 3. The van der Waals surface area contributed by atoms with E-state index in [0.29, 0.717) is 6.54 Å². The zero-order valence-electron chi connectivity index (χ0n) is 14.7. The van der Waals surface area contributed by atoms with Gasteiger partial charge in [-0.15, -0.1) is 0 Å². The van der Waals surface area contributed by atoms with Gasteiger partial charge in [-0.25, -0.2) is 0 Å². The number of carbonyl (C=O) groups excluding carboxylic acids is 1. The van der Waals surface area contributed by atoms with Gasteiger partial charge in [0.25, 0.3) is 5.91 Å². The first kappa shape index (κ1) is 16.8. The van der Waals surface area contributed by atoms with E-state index >= 15 is 0 Å². The first-order valence-electron chi connectivity index (χ1n) is 8.26. The number of pyridine rings is 2. The Labute approximate surface area is 148 Å². The Kier molecular flexibility index (Phi) is 4.89. The third-order valence-electron chi connectivity index (χ3n) is 4.17. The minimum Gasteiger partial charge on any atom is -0.348 e. The third-order valence-corrected chi connectivity index (χ3v) is 4.17. The molecule has 0 fully saturated rings. The number of rotatable bonds is 4. The highest BCUT2D eigenvalue weighted by atomic mass is 16.1. The number of hydrogen-bond donors (Lipinski definition) is 1. The van der Waals surface area contributed by atoms with Gasteiger partial charge in [0.1, 0.15) is 0 Å². The summed E-state index contributed by atoms with van der Waals surface area (Å²) in [7, 11) is 0. The molecule has 0 aliphatic heterocycles. The molecule has 3 rings (SSSR count). The van der Waals surface area contributed by atoms with Crippen LogP contribution in [0.5, 0.6) is 0 Å². The minimum absolute atomic E-state index is 0.0593. The van der Waals surface area contributed by atoms with Crippen LogP contribution in [0.15, 0.2) is 55.0 Å². The van der Waals surface area contributed by atoms with Crippen LogP contribution in [0.25, 0.3) is 11.3 Å². The van der Waals surface area contributed by atoms with Gasteiger partial charge in [0, 0.05) is 36.3 Å². The monoisotopic (exact) mass is 331 g/mol. The maximum atomic E-state index is 12.7. The van der Waals surface area contributed by atoms with Gasteiger partial charge < -0.3 is 5.32 Å². The van der Waals surface area contributed by atoms with Gasteiger partial charge in [0.2, 0.25) is 0 Å². The molecule has 1 amide bonds. The molecule has 0 unspecified atom stereocenters. The predicted octanol–water partition coefficient (Wildman–Crippen LogP) is 4.00. The number of benzene rings is 1. The summed E-state index contributed by atoms with van der Waals surface area (Å²) in [5.74, 6) is -0.0593. The molecule has 0 spiro atoms. The predicted molar refractivity (Wildman–Crippen MR) is 99.3 cm³/mol. The molecular weight excluding hydrogens is 310 g/mol. The second kappa shape index (κ2) is 7.26. The van der Waals surface area contributed by atoms with Crippen LogP contribution in [-0.2, 0) is 6.54 Å². The van der Waals surface area contributed by atoms with Crippen molar-refractivity contribution in [3.63, 3.8) is 0 Å². The lowest BCUT2D eigenvalue weighted by atomic mass is 9.99. The van der Waals surface area contributed by atoms with E-state index < -0.39 is 0 Å². The molecule has 2 aromatic heterocycles. The molecule has 4 nitrogen and oxygen atoms in total. The fraction of sp³-hybridized carbons (Fsp3) is 0.190. The molecule has 0 saturated heterocycles. The van der Waals surface area contributed by atoms with Crippen molar-refractivity contribution in [2.24, 2.45) is 0 Å². The van der Waals surface area contributed by atoms with Crippen LogP contribution in [-0.4, -0.2) is 15.9 Å². The molecule has 0 aliphatic rings. The summed E-state index contributed by atoms with van der Waals surface area (Å²) in [5.41, 5.74) is 6.65. The highest BCUT2D eigenvalue weighted by Gasteiger charge is 2.14. The van der Waals surface area contributed by atoms with Gasteiger partial charge in [-0.3, -0.25) is 14.8 Å². The third kappa shape index (κ3) is 3.74. The lowest BCUT2D eigenvalue weighted by Crippen LogP contribution is -2.25. The van der Waals surface area contributed by atoms with E-state index in [-0.39, 0.29) is 5.91 Å². The first-order chi connectivity index (χ1) is 12.1. The van der Waals surface area contributed by atoms with Crippen LogP contribution < -0.4 is 5.32 Å². The van der Waals surface area contributed by atoms with Crippen molar-refractivity contribution < 1.29 is 4.79 Å². The van der Waals surface area contributed by atoms with Crippen molar-refractivity contribution in [3.8, 4) is 11.3 Å². The molecule has 0 atom stereocenters. The zero-order chi connectivity index (χ0) is 17.8. The minimum atomic E-state index is -0.0593. The van der Waals surface area contributed by atoms with E-state index in [1.54, 1.807) is 18.6 Å². The Hall–Kier alpha value is -3.01. The highest BCUT2D eigenvalue weighted by Crippen LogP contribution is 2.20. The molecular formula is C21H21N3O. The first-order valence-corrected chi connectivity index (χ1v) is 8.26. The lowest BCUT2D eigenvalue weighted by molar-refractivity contribution is 0.0949. The molecule has 0 bridgehead atoms. The van der Waals surface area contributed by atoms with E-state index in [4.69, 9.17) is 0 Å². The maximum Gasteiger partial charge on any atom is 0.252 e. The SMILES string of the molecule is Cc1cc(C)c(C(=O)NCc2cccnc2-c2cccnc2)c(C)c1. The van der Waals surface area contributed by atoms with Gasteiger partial charge in [0.05, 0.1) is 5.69 Å². The van der Waals surface area contributed by atoms with Crippen molar-refractivity contribution in [2.45, 2.75) is 27.3 Å². The van der Waals surface area contributed by atoms with Gasteiger partial charge in [-0.2, -0.15) is 0 Å². The normalized spacial score (nSPS) is 10.5. The van der Waals surface area contributed by atoms with Gasteiger partial charge in [-0.1, -0.05) is 23.8 Å². The average molecular weight is 331 g/mol. The van der Waals surface area contributed by atoms with E-state index in [2.05, 4.69) is 15.3 Å². The summed E-state index contributed by atoms with van der Waals surface area (Å²) < 4.78 is 0. The summed E-state index contributed by atoms with van der Waals surface area (Å²) in [4.78, 5) is 21.3. The quantitative estimate of drug-likeness (QED) is 0.786. The molecule has 0 aliphatic carbocycles. The Morgan fingerprint density at radius 2 is 1.76 bits per heavy atom. The van der Waals surface area contributed by atoms with Crippen molar-refractivity contribution in [1.29, 1.82) is 0 Å². The Morgan fingerprint density at radius 1 is 1.04 bits per heavy atom. The largest absolute Gasteiger partial charge is 0.348 e. The van der Waals surface area contributed by atoms with Crippen molar-refractivity contribution in [1.82, 2.24) is 15.3 Å². The maximum absolute atomic E-state index is 12.7. The molecule has 2 heterocycles. The molecule has 1 N–H and O–H groups in total. The van der Waals surface area contributed by atoms with E-state index in [9.17, 15) is 4.79 Å². The van der Waals surface area contributed by atoms with E-state index in [1.165, 1.54) is 0 Å². The number of carbonyl (C=O) groups is 1. The Bertz CT molecular complexity index is 881. The van der Waals surface area contributed by atoms with Crippen LogP contribution in [0.3, 0.4) is 0 Å². The summed E-state index contributed by atoms with van der Waals surface area (Å²) in [6.07, 6.45) is 5.26. The summed E-state index contributed by atoms with van der Waals surface area (Å²) in [6.45, 7) is 6.40. The average Bonchev–Trinajstić information content (AvgIpc) is 2.60. The Morgan fingerprint density at radius 3 is 2.44 bits per heavy atom. The fourth-order valence-electron chi connectivity index (χ4n) is 3.15. The second-order valence-corrected chi connectivity index (χ2v) is 6.21. The molecule has 126 valence electrons. The summed E-state index contributed by atoms with van der Waals surface area (Å²) in [5, 5.41) is 3.03. The van der Waals surface area contributed by atoms with Crippen molar-refractivity contribution in [3.05, 3.63) is 82.8 Å². The lowest BCUT2D eigenvalue weighted by Gasteiger charge is -2.13. The van der Waals surface area contributed by atoms with Crippen LogP contribution >= 0.6 is 0 Å². The smallest absolute Gasteiger partial charge is 0.252 e. The summed E-state index contributed by atoms with van der Waals surface area (Å²) >= 11 is 0.